The lowest BCUT2D eigenvalue weighted by Crippen LogP contribution is -2.43. The van der Waals surface area contributed by atoms with Crippen molar-refractivity contribution in [2.75, 3.05) is 10.6 Å². The molecule has 5 rings (SSSR count). The van der Waals surface area contributed by atoms with Crippen molar-refractivity contribution < 1.29 is 0 Å². The Morgan fingerprint density at radius 3 is 2.39 bits per heavy atom. The number of hydrogen-bond acceptors (Lipinski definition) is 2. The molecule has 1 aliphatic heterocycles. The van der Waals surface area contributed by atoms with E-state index >= 15 is 0 Å². The largest absolute Gasteiger partial charge is 0.398 e. The lowest BCUT2D eigenvalue weighted by atomic mass is 9.67. The summed E-state index contributed by atoms with van der Waals surface area (Å²) in [7, 11) is 0. The fourth-order valence-electron chi connectivity index (χ4n) is 5.62. The van der Waals surface area contributed by atoms with Crippen LogP contribution >= 0.6 is 0 Å². The molecule has 0 radical (unpaired) electrons. The molecule has 2 aliphatic rings. The fourth-order valence-corrected chi connectivity index (χ4v) is 5.62. The van der Waals surface area contributed by atoms with Crippen molar-refractivity contribution >= 4 is 22.6 Å². The molecule has 156 valence electrons. The van der Waals surface area contributed by atoms with E-state index in [9.17, 15) is 0 Å². The van der Waals surface area contributed by atoms with Gasteiger partial charge in [-0.2, -0.15) is 0 Å². The van der Waals surface area contributed by atoms with Crippen molar-refractivity contribution in [1.29, 1.82) is 0 Å². The summed E-state index contributed by atoms with van der Waals surface area (Å²) in [5.74, 6) is 1.09. The second kappa shape index (κ2) is 7.77. The van der Waals surface area contributed by atoms with Gasteiger partial charge in [0.25, 0.3) is 0 Å². The Morgan fingerprint density at radius 1 is 0.968 bits per heavy atom. The minimum absolute atomic E-state index is 0.300. The molecular weight excluding hydrogens is 376 g/mol. The number of nitrogens with two attached hydrogens (primary N) is 1. The molecule has 2 N–H and O–H groups in total. The van der Waals surface area contributed by atoms with Gasteiger partial charge in [-0.3, -0.25) is 0 Å². The van der Waals surface area contributed by atoms with E-state index in [0.717, 1.165) is 12.1 Å². The molecule has 31 heavy (non-hydrogen) atoms. The van der Waals surface area contributed by atoms with E-state index in [1.807, 2.05) is 12.1 Å². The molecule has 3 aromatic rings. The van der Waals surface area contributed by atoms with Crippen molar-refractivity contribution in [3.63, 3.8) is 0 Å². The van der Waals surface area contributed by atoms with Crippen molar-refractivity contribution in [2.45, 2.75) is 32.2 Å². The van der Waals surface area contributed by atoms with E-state index in [1.165, 1.54) is 33.6 Å². The highest BCUT2D eigenvalue weighted by atomic mass is 15.2. The van der Waals surface area contributed by atoms with Crippen molar-refractivity contribution in [1.82, 2.24) is 0 Å². The van der Waals surface area contributed by atoms with Crippen LogP contribution in [0, 0.1) is 11.8 Å². The summed E-state index contributed by atoms with van der Waals surface area (Å²) in [6, 6.07) is 28.4. The van der Waals surface area contributed by atoms with Crippen LogP contribution in [-0.2, 0) is 0 Å². The zero-order valence-electron chi connectivity index (χ0n) is 18.3. The van der Waals surface area contributed by atoms with E-state index in [4.69, 9.17) is 5.73 Å². The molecule has 2 nitrogen and oxygen atoms in total. The van der Waals surface area contributed by atoms with E-state index in [-0.39, 0.29) is 0 Å². The molecule has 0 saturated heterocycles. The first-order chi connectivity index (χ1) is 15.1. The van der Waals surface area contributed by atoms with Crippen LogP contribution in [0.1, 0.15) is 37.3 Å². The number of nitrogen functional groups attached to an aromatic ring is 1. The van der Waals surface area contributed by atoms with Crippen LogP contribution in [0.25, 0.3) is 5.57 Å². The number of rotatable bonds is 4. The zero-order chi connectivity index (χ0) is 21.5. The van der Waals surface area contributed by atoms with Crippen LogP contribution in [0.3, 0.4) is 0 Å². The summed E-state index contributed by atoms with van der Waals surface area (Å²) < 4.78 is 0. The van der Waals surface area contributed by atoms with Gasteiger partial charge in [-0.25, -0.2) is 0 Å². The number of nitrogens with zero attached hydrogens (tertiary/aromatic N) is 1. The summed E-state index contributed by atoms with van der Waals surface area (Å²) >= 11 is 0. The summed E-state index contributed by atoms with van der Waals surface area (Å²) in [6.45, 7) is 8.85. The lowest BCUT2D eigenvalue weighted by Gasteiger charge is -2.43. The standard InChI is InChI=1S/C29H30N2/c1-19(2)20(3)28-24(22-13-7-9-15-26(22)30)17-18-25-23-14-8-10-16-27(23)31(29(25)28)21-11-5-4-6-12-21/h4-17,20,25,28-29H,1,18,30H2,2-3H3/t20-,25?,28?,29?/m0/s1. The number of hydrogen-bond donors (Lipinski definition) is 1. The van der Waals surface area contributed by atoms with Gasteiger partial charge < -0.3 is 10.6 Å². The number of benzene rings is 3. The SMILES string of the molecule is C=C(C)[C@H](C)C1C(c2ccccc2N)=CCC2c3ccccc3N(c3ccccc3)C21. The van der Waals surface area contributed by atoms with Crippen LogP contribution in [0.2, 0.25) is 0 Å². The van der Waals surface area contributed by atoms with E-state index in [2.05, 4.69) is 98.1 Å². The molecule has 0 amide bonds. The highest BCUT2D eigenvalue weighted by Gasteiger charge is 2.48. The summed E-state index contributed by atoms with van der Waals surface area (Å²) in [5.41, 5.74) is 15.1. The molecule has 3 aromatic carbocycles. The van der Waals surface area contributed by atoms with Crippen molar-refractivity contribution in [3.05, 3.63) is 108 Å². The Morgan fingerprint density at radius 2 is 1.65 bits per heavy atom. The quantitative estimate of drug-likeness (QED) is 0.367. The minimum Gasteiger partial charge on any atom is -0.398 e. The Kier molecular flexibility index (Phi) is 4.94. The highest BCUT2D eigenvalue weighted by Crippen LogP contribution is 2.56. The maximum Gasteiger partial charge on any atom is 0.0488 e. The molecule has 0 fully saturated rings. The van der Waals surface area contributed by atoms with Crippen LogP contribution in [0.5, 0.6) is 0 Å². The Hall–Kier alpha value is -3.26. The van der Waals surface area contributed by atoms with Gasteiger partial charge >= 0.3 is 0 Å². The molecule has 0 spiro atoms. The number of anilines is 3. The smallest absolute Gasteiger partial charge is 0.0488 e. The maximum absolute atomic E-state index is 6.48. The lowest BCUT2D eigenvalue weighted by molar-refractivity contribution is 0.365. The first kappa shape index (κ1) is 19.7. The van der Waals surface area contributed by atoms with Gasteiger partial charge in [0.1, 0.15) is 0 Å². The van der Waals surface area contributed by atoms with E-state index in [1.54, 1.807) is 0 Å². The average molecular weight is 407 g/mol. The van der Waals surface area contributed by atoms with E-state index in [0.29, 0.717) is 23.8 Å². The number of fused-ring (bicyclic) bond motifs is 3. The van der Waals surface area contributed by atoms with Gasteiger partial charge in [0.2, 0.25) is 0 Å². The third-order valence-electron chi connectivity index (χ3n) is 7.25. The zero-order valence-corrected chi connectivity index (χ0v) is 18.3. The maximum atomic E-state index is 6.48. The number of para-hydroxylation sites is 3. The molecule has 0 saturated carbocycles. The van der Waals surface area contributed by atoms with Crippen LogP contribution < -0.4 is 10.6 Å². The highest BCUT2D eigenvalue weighted by molar-refractivity contribution is 5.82. The molecular formula is C29H30N2. The second-order valence-electron chi connectivity index (χ2n) is 9.00. The molecule has 0 bridgehead atoms. The van der Waals surface area contributed by atoms with Gasteiger partial charge in [0.05, 0.1) is 0 Å². The molecule has 1 aliphatic carbocycles. The Labute approximate surface area is 185 Å². The number of allylic oxidation sites excluding steroid dienone is 2. The summed E-state index contributed by atoms with van der Waals surface area (Å²) in [4.78, 5) is 2.58. The van der Waals surface area contributed by atoms with E-state index < -0.39 is 0 Å². The van der Waals surface area contributed by atoms with Crippen molar-refractivity contribution in [2.24, 2.45) is 11.8 Å². The minimum atomic E-state index is 0.300. The van der Waals surface area contributed by atoms with Gasteiger partial charge in [-0.15, -0.1) is 0 Å². The predicted octanol–water partition coefficient (Wildman–Crippen LogP) is 7.19. The van der Waals surface area contributed by atoms with Gasteiger partial charge in [-0.1, -0.05) is 79.7 Å². The second-order valence-corrected chi connectivity index (χ2v) is 9.00. The van der Waals surface area contributed by atoms with Gasteiger partial charge in [-0.05, 0) is 54.7 Å². The van der Waals surface area contributed by atoms with Crippen LogP contribution in [0.4, 0.5) is 17.1 Å². The normalized spacial score (nSPS) is 23.0. The summed E-state index contributed by atoms with van der Waals surface area (Å²) in [6.07, 6.45) is 3.47. The van der Waals surface area contributed by atoms with Crippen LogP contribution in [0.15, 0.2) is 97.1 Å². The molecule has 2 heteroatoms. The van der Waals surface area contributed by atoms with Gasteiger partial charge in [0, 0.05) is 40.5 Å². The monoisotopic (exact) mass is 406 g/mol. The average Bonchev–Trinajstić information content (AvgIpc) is 3.13. The van der Waals surface area contributed by atoms with Crippen LogP contribution in [-0.4, -0.2) is 6.04 Å². The Bertz CT molecular complexity index is 1140. The topological polar surface area (TPSA) is 29.3 Å². The molecule has 4 atom stereocenters. The Balaban J connectivity index is 1.72. The predicted molar refractivity (Wildman–Crippen MR) is 132 cm³/mol. The molecule has 0 aromatic heterocycles. The molecule has 1 heterocycles. The fraction of sp³-hybridized carbons (Fsp3) is 0.241. The first-order valence-corrected chi connectivity index (χ1v) is 11.2. The third-order valence-corrected chi connectivity index (χ3v) is 7.25. The van der Waals surface area contributed by atoms with Crippen molar-refractivity contribution in [3.8, 4) is 0 Å². The first-order valence-electron chi connectivity index (χ1n) is 11.2. The summed E-state index contributed by atoms with van der Waals surface area (Å²) in [5, 5.41) is 0. The molecule has 3 unspecified atom stereocenters. The van der Waals surface area contributed by atoms with Gasteiger partial charge in [0.15, 0.2) is 0 Å². The third kappa shape index (κ3) is 3.18.